The van der Waals surface area contributed by atoms with Crippen LogP contribution >= 0.6 is 23.1 Å². The van der Waals surface area contributed by atoms with E-state index in [2.05, 4.69) is 18.8 Å². The lowest BCUT2D eigenvalue weighted by Crippen LogP contribution is -2.43. The predicted molar refractivity (Wildman–Crippen MR) is 124 cm³/mol. The Labute approximate surface area is 190 Å². The lowest BCUT2D eigenvalue weighted by Gasteiger charge is -2.35. The summed E-state index contributed by atoms with van der Waals surface area (Å²) in [7, 11) is 1.33. The molecule has 7 nitrogen and oxygen atoms in total. The molecule has 0 saturated carbocycles. The largest absolute Gasteiger partial charge is 0.468 e. The molecule has 0 N–H and O–H groups in total. The Hall–Kier alpha value is -2.13. The first-order valence-corrected chi connectivity index (χ1v) is 12.3. The first-order valence-electron chi connectivity index (χ1n) is 10.4. The van der Waals surface area contributed by atoms with Gasteiger partial charge < -0.3 is 14.2 Å². The normalized spacial score (nSPS) is 19.6. The zero-order chi connectivity index (χ0) is 22.5. The van der Waals surface area contributed by atoms with Gasteiger partial charge in [-0.3, -0.25) is 14.4 Å². The summed E-state index contributed by atoms with van der Waals surface area (Å²) in [6, 6.07) is 5.88. The predicted octanol–water partition coefficient (Wildman–Crippen LogP) is 2.85. The van der Waals surface area contributed by atoms with Crippen LogP contribution in [0.25, 0.3) is 10.2 Å². The van der Waals surface area contributed by atoms with E-state index in [0.717, 1.165) is 35.3 Å². The molecule has 9 heteroatoms. The highest BCUT2D eigenvalue weighted by Gasteiger charge is 2.25. The summed E-state index contributed by atoms with van der Waals surface area (Å²) in [6.45, 7) is 7.89. The molecular formula is C22H29N3O4S2. The third kappa shape index (κ3) is 6.20. The van der Waals surface area contributed by atoms with Crippen molar-refractivity contribution in [2.24, 2.45) is 16.8 Å². The van der Waals surface area contributed by atoms with E-state index in [1.54, 1.807) is 4.57 Å². The van der Waals surface area contributed by atoms with Crippen molar-refractivity contribution in [2.45, 2.75) is 33.7 Å². The Morgan fingerprint density at radius 2 is 1.90 bits per heavy atom. The van der Waals surface area contributed by atoms with E-state index >= 15 is 0 Å². The monoisotopic (exact) mass is 463 g/mol. The Balaban J connectivity index is 1.68. The zero-order valence-corrected chi connectivity index (χ0v) is 20.1. The molecule has 2 aromatic rings. The minimum atomic E-state index is -0.404. The van der Waals surface area contributed by atoms with Gasteiger partial charge in [-0.2, -0.15) is 4.99 Å². The molecule has 2 unspecified atom stereocenters. The van der Waals surface area contributed by atoms with Crippen LogP contribution in [0.5, 0.6) is 0 Å². The summed E-state index contributed by atoms with van der Waals surface area (Å²) in [4.78, 5) is 43.5. The Kier molecular flexibility index (Phi) is 7.94. The minimum absolute atomic E-state index is 0.0113. The van der Waals surface area contributed by atoms with E-state index in [0.29, 0.717) is 16.6 Å². The molecule has 0 aliphatic carbocycles. The highest BCUT2D eigenvalue weighted by atomic mass is 32.2. The van der Waals surface area contributed by atoms with Gasteiger partial charge in [-0.1, -0.05) is 31.3 Å². The van der Waals surface area contributed by atoms with Crippen LogP contribution in [-0.4, -0.2) is 59.0 Å². The van der Waals surface area contributed by atoms with Gasteiger partial charge in [0.05, 0.1) is 28.8 Å². The molecule has 1 saturated heterocycles. The van der Waals surface area contributed by atoms with Crippen LogP contribution in [0.2, 0.25) is 0 Å². The fourth-order valence-corrected chi connectivity index (χ4v) is 5.78. The summed E-state index contributed by atoms with van der Waals surface area (Å²) in [5.41, 5.74) is 1.93. The van der Waals surface area contributed by atoms with Gasteiger partial charge in [0.25, 0.3) is 5.91 Å². The average Bonchev–Trinajstić information content (AvgIpc) is 3.02. The number of carbonyl (C=O) groups is 3. The van der Waals surface area contributed by atoms with E-state index < -0.39 is 5.97 Å². The number of likely N-dealkylation sites (tertiary alicyclic amines) is 1. The van der Waals surface area contributed by atoms with Gasteiger partial charge >= 0.3 is 5.97 Å². The molecule has 168 valence electrons. The number of methoxy groups -OCH3 is 1. The minimum Gasteiger partial charge on any atom is -0.468 e. The fourth-order valence-electron chi connectivity index (χ4n) is 3.93. The molecule has 3 rings (SSSR count). The van der Waals surface area contributed by atoms with E-state index in [9.17, 15) is 14.4 Å². The molecule has 0 spiro atoms. The third-order valence-electron chi connectivity index (χ3n) is 5.25. The molecule has 1 aromatic heterocycles. The summed E-state index contributed by atoms with van der Waals surface area (Å²) < 4.78 is 7.45. The first kappa shape index (κ1) is 23.5. The molecule has 0 radical (unpaired) electrons. The number of thiazole rings is 1. The smallest absolute Gasteiger partial charge is 0.325 e. The number of carbonyl (C=O) groups excluding carboxylic acids is 3. The van der Waals surface area contributed by atoms with Gasteiger partial charge in [-0.05, 0) is 42.9 Å². The SMILES string of the molecule is COC(=O)Cn1c(=NC(=O)CSCC(=O)N2CC(C)CC(C)C2)sc2cc(C)ccc21. The Bertz CT molecular complexity index is 1030. The summed E-state index contributed by atoms with van der Waals surface area (Å²) in [5, 5.41) is 0. The molecule has 1 aliphatic rings. The third-order valence-corrected chi connectivity index (χ3v) is 7.19. The quantitative estimate of drug-likeness (QED) is 0.616. The van der Waals surface area contributed by atoms with Crippen molar-refractivity contribution in [2.75, 3.05) is 31.7 Å². The van der Waals surface area contributed by atoms with Gasteiger partial charge in [0.15, 0.2) is 4.80 Å². The Morgan fingerprint density at radius 3 is 2.58 bits per heavy atom. The average molecular weight is 464 g/mol. The van der Waals surface area contributed by atoms with Gasteiger partial charge in [-0.15, -0.1) is 11.8 Å². The summed E-state index contributed by atoms with van der Waals surface area (Å²) >= 11 is 2.65. The van der Waals surface area contributed by atoms with Crippen molar-refractivity contribution in [3.05, 3.63) is 28.6 Å². The number of aromatic nitrogens is 1. The van der Waals surface area contributed by atoms with E-state index in [1.165, 1.54) is 30.2 Å². The molecule has 31 heavy (non-hydrogen) atoms. The summed E-state index contributed by atoms with van der Waals surface area (Å²) in [5.74, 6) is 0.769. The highest BCUT2D eigenvalue weighted by molar-refractivity contribution is 8.00. The van der Waals surface area contributed by atoms with Gasteiger partial charge in [-0.25, -0.2) is 0 Å². The number of ether oxygens (including phenoxy) is 1. The van der Waals surface area contributed by atoms with Gasteiger partial charge in [0.1, 0.15) is 6.54 Å². The number of esters is 1. The highest BCUT2D eigenvalue weighted by Crippen LogP contribution is 2.22. The van der Waals surface area contributed by atoms with Crippen molar-refractivity contribution >= 4 is 51.1 Å². The second-order valence-electron chi connectivity index (χ2n) is 8.26. The number of piperidine rings is 1. The number of fused-ring (bicyclic) bond motifs is 1. The number of benzene rings is 1. The number of hydrogen-bond donors (Lipinski definition) is 0. The number of rotatable bonds is 6. The van der Waals surface area contributed by atoms with Crippen LogP contribution in [0.15, 0.2) is 23.2 Å². The molecule has 1 aliphatic heterocycles. The zero-order valence-electron chi connectivity index (χ0n) is 18.4. The molecule has 1 fully saturated rings. The van der Waals surface area contributed by atoms with Crippen molar-refractivity contribution < 1.29 is 19.1 Å². The van der Waals surface area contributed by atoms with E-state index in [1.807, 2.05) is 30.0 Å². The number of aryl methyl sites for hydroxylation is 1. The van der Waals surface area contributed by atoms with Crippen LogP contribution < -0.4 is 4.80 Å². The van der Waals surface area contributed by atoms with Crippen molar-refractivity contribution in [1.29, 1.82) is 0 Å². The van der Waals surface area contributed by atoms with Gasteiger partial charge in [0, 0.05) is 13.1 Å². The molecule has 2 amide bonds. The standard InChI is InChI=1S/C22H29N3O4S2/c1-14-5-6-17-18(8-14)31-22(25(17)11-21(28)29-4)23-19(26)12-30-13-20(27)24-9-15(2)7-16(3)10-24/h5-6,8,15-16H,7,9-13H2,1-4H3. The second kappa shape index (κ2) is 10.5. The van der Waals surface area contributed by atoms with E-state index in [-0.39, 0.29) is 29.9 Å². The van der Waals surface area contributed by atoms with Crippen LogP contribution in [0.4, 0.5) is 0 Å². The van der Waals surface area contributed by atoms with Gasteiger partial charge in [0.2, 0.25) is 5.91 Å². The maximum absolute atomic E-state index is 12.5. The topological polar surface area (TPSA) is 81.0 Å². The van der Waals surface area contributed by atoms with Crippen LogP contribution in [0, 0.1) is 18.8 Å². The number of amides is 2. The van der Waals surface area contributed by atoms with Crippen LogP contribution in [0.3, 0.4) is 0 Å². The maximum atomic E-state index is 12.5. The molecular weight excluding hydrogens is 434 g/mol. The molecule has 2 heterocycles. The number of nitrogens with zero attached hydrogens (tertiary/aromatic N) is 3. The molecule has 2 atom stereocenters. The second-order valence-corrected chi connectivity index (χ2v) is 10.3. The first-order chi connectivity index (χ1) is 14.8. The van der Waals surface area contributed by atoms with Crippen LogP contribution in [-0.2, 0) is 25.7 Å². The van der Waals surface area contributed by atoms with E-state index in [4.69, 9.17) is 4.74 Å². The Morgan fingerprint density at radius 1 is 1.19 bits per heavy atom. The lowest BCUT2D eigenvalue weighted by atomic mass is 9.92. The lowest BCUT2D eigenvalue weighted by molar-refractivity contribution is -0.141. The molecule has 1 aromatic carbocycles. The fraction of sp³-hybridized carbons (Fsp3) is 0.545. The molecule has 0 bridgehead atoms. The number of thioether (sulfide) groups is 1. The maximum Gasteiger partial charge on any atom is 0.325 e. The summed E-state index contributed by atoms with van der Waals surface area (Å²) in [6.07, 6.45) is 1.15. The van der Waals surface area contributed by atoms with Crippen molar-refractivity contribution in [3.63, 3.8) is 0 Å². The van der Waals surface area contributed by atoms with Crippen molar-refractivity contribution in [3.8, 4) is 0 Å². The number of hydrogen-bond acceptors (Lipinski definition) is 6. The van der Waals surface area contributed by atoms with Crippen LogP contribution in [0.1, 0.15) is 25.8 Å². The van der Waals surface area contributed by atoms with Crippen molar-refractivity contribution in [1.82, 2.24) is 9.47 Å².